The maximum atomic E-state index is 8.91. The Bertz CT molecular complexity index is 68.6. The Hall–Kier alpha value is -0.120. The van der Waals surface area contributed by atoms with Crippen molar-refractivity contribution in [1.29, 1.82) is 0 Å². The standard InChI is InChI=1S/C7H17NO2/c1-2-3-4-10-6-7(9)5-8/h7,9H,2-6,8H2,1H3/t7-/m1/s1. The maximum Gasteiger partial charge on any atom is 0.0895 e. The lowest BCUT2D eigenvalue weighted by Gasteiger charge is -2.07. The molecule has 0 saturated carbocycles. The van der Waals surface area contributed by atoms with Gasteiger partial charge in [-0.2, -0.15) is 0 Å². The molecule has 0 heterocycles. The van der Waals surface area contributed by atoms with Crippen molar-refractivity contribution in [2.75, 3.05) is 19.8 Å². The Morgan fingerprint density at radius 3 is 2.80 bits per heavy atom. The Labute approximate surface area is 62.2 Å². The second kappa shape index (κ2) is 6.99. The van der Waals surface area contributed by atoms with E-state index in [1.54, 1.807) is 0 Å². The second-order valence-corrected chi connectivity index (χ2v) is 2.32. The number of nitrogens with two attached hydrogens (primary N) is 1. The second-order valence-electron chi connectivity index (χ2n) is 2.32. The fourth-order valence-electron chi connectivity index (χ4n) is 0.534. The molecule has 0 rings (SSSR count). The Kier molecular flexibility index (Phi) is 6.91. The summed E-state index contributed by atoms with van der Waals surface area (Å²) in [5.41, 5.74) is 5.16. The molecule has 0 fully saturated rings. The zero-order valence-electron chi connectivity index (χ0n) is 6.55. The van der Waals surface area contributed by atoms with Gasteiger partial charge in [0.15, 0.2) is 0 Å². The quantitative estimate of drug-likeness (QED) is 0.525. The molecule has 10 heavy (non-hydrogen) atoms. The number of aliphatic hydroxyl groups is 1. The molecule has 0 radical (unpaired) electrons. The van der Waals surface area contributed by atoms with Crippen LogP contribution < -0.4 is 5.73 Å². The maximum absolute atomic E-state index is 8.91. The van der Waals surface area contributed by atoms with Gasteiger partial charge in [0, 0.05) is 13.2 Å². The average Bonchev–Trinajstić information content (AvgIpc) is 1.98. The summed E-state index contributed by atoms with van der Waals surface area (Å²) in [5.74, 6) is 0. The molecule has 0 unspecified atom stereocenters. The van der Waals surface area contributed by atoms with E-state index in [2.05, 4.69) is 6.92 Å². The topological polar surface area (TPSA) is 55.5 Å². The van der Waals surface area contributed by atoms with E-state index in [0.717, 1.165) is 19.4 Å². The minimum atomic E-state index is -0.489. The van der Waals surface area contributed by atoms with E-state index in [9.17, 15) is 0 Å². The third-order valence-corrected chi connectivity index (χ3v) is 1.22. The molecule has 0 aromatic heterocycles. The lowest BCUT2D eigenvalue weighted by molar-refractivity contribution is 0.0402. The van der Waals surface area contributed by atoms with Gasteiger partial charge in [-0.1, -0.05) is 13.3 Å². The lowest BCUT2D eigenvalue weighted by atomic mass is 10.3. The zero-order valence-corrected chi connectivity index (χ0v) is 6.55. The highest BCUT2D eigenvalue weighted by atomic mass is 16.5. The molecule has 3 nitrogen and oxygen atoms in total. The average molecular weight is 147 g/mol. The molecule has 0 saturated heterocycles. The van der Waals surface area contributed by atoms with E-state index in [1.807, 2.05) is 0 Å². The fourth-order valence-corrected chi connectivity index (χ4v) is 0.534. The van der Waals surface area contributed by atoms with Crippen LogP contribution >= 0.6 is 0 Å². The molecule has 1 atom stereocenters. The van der Waals surface area contributed by atoms with Gasteiger partial charge >= 0.3 is 0 Å². The van der Waals surface area contributed by atoms with E-state index in [-0.39, 0.29) is 6.54 Å². The van der Waals surface area contributed by atoms with Crippen LogP contribution in [0.1, 0.15) is 19.8 Å². The van der Waals surface area contributed by atoms with E-state index in [0.29, 0.717) is 6.61 Å². The Balaban J connectivity index is 2.89. The minimum Gasteiger partial charge on any atom is -0.389 e. The number of hydrogen-bond acceptors (Lipinski definition) is 3. The van der Waals surface area contributed by atoms with Crippen molar-refractivity contribution in [2.45, 2.75) is 25.9 Å². The normalized spacial score (nSPS) is 13.5. The molecular weight excluding hydrogens is 130 g/mol. The van der Waals surface area contributed by atoms with Gasteiger partial charge in [0.2, 0.25) is 0 Å². The smallest absolute Gasteiger partial charge is 0.0895 e. The van der Waals surface area contributed by atoms with Crippen LogP contribution in [0.3, 0.4) is 0 Å². The Morgan fingerprint density at radius 2 is 2.30 bits per heavy atom. The number of ether oxygens (including phenoxy) is 1. The molecule has 0 aromatic carbocycles. The number of rotatable bonds is 6. The minimum absolute atomic E-state index is 0.284. The van der Waals surface area contributed by atoms with Crippen molar-refractivity contribution in [2.24, 2.45) is 5.73 Å². The summed E-state index contributed by atoms with van der Waals surface area (Å²) >= 11 is 0. The summed E-state index contributed by atoms with van der Waals surface area (Å²) < 4.78 is 5.10. The van der Waals surface area contributed by atoms with Gasteiger partial charge in [-0.05, 0) is 6.42 Å². The molecule has 0 aromatic rings. The number of hydrogen-bond donors (Lipinski definition) is 2. The van der Waals surface area contributed by atoms with Crippen LogP contribution in [0.2, 0.25) is 0 Å². The van der Waals surface area contributed by atoms with Crippen LogP contribution in [-0.4, -0.2) is 31.0 Å². The zero-order chi connectivity index (χ0) is 7.82. The van der Waals surface area contributed by atoms with Gasteiger partial charge in [-0.25, -0.2) is 0 Å². The van der Waals surface area contributed by atoms with E-state index in [4.69, 9.17) is 15.6 Å². The fraction of sp³-hybridized carbons (Fsp3) is 1.00. The highest BCUT2D eigenvalue weighted by Crippen LogP contribution is 1.89. The van der Waals surface area contributed by atoms with Gasteiger partial charge in [-0.15, -0.1) is 0 Å². The first-order valence-corrected chi connectivity index (χ1v) is 3.77. The van der Waals surface area contributed by atoms with Crippen molar-refractivity contribution in [3.05, 3.63) is 0 Å². The lowest BCUT2D eigenvalue weighted by Crippen LogP contribution is -2.25. The first-order valence-electron chi connectivity index (χ1n) is 3.77. The number of unbranched alkanes of at least 4 members (excludes halogenated alkanes) is 1. The SMILES string of the molecule is CCCCOC[C@H](O)CN. The highest BCUT2D eigenvalue weighted by molar-refractivity contribution is 4.51. The van der Waals surface area contributed by atoms with E-state index in [1.165, 1.54) is 0 Å². The molecular formula is C7H17NO2. The van der Waals surface area contributed by atoms with Crippen molar-refractivity contribution < 1.29 is 9.84 Å². The molecule has 0 aliphatic heterocycles. The van der Waals surface area contributed by atoms with Crippen molar-refractivity contribution in [3.8, 4) is 0 Å². The van der Waals surface area contributed by atoms with Crippen LogP contribution in [0.4, 0.5) is 0 Å². The summed E-state index contributed by atoms with van der Waals surface area (Å²) in [6, 6.07) is 0. The molecule has 62 valence electrons. The van der Waals surface area contributed by atoms with Crippen LogP contribution in [0.5, 0.6) is 0 Å². The first kappa shape index (κ1) is 9.88. The van der Waals surface area contributed by atoms with Gasteiger partial charge in [-0.3, -0.25) is 0 Å². The van der Waals surface area contributed by atoms with Crippen LogP contribution in [0, 0.1) is 0 Å². The van der Waals surface area contributed by atoms with Crippen LogP contribution in [-0.2, 0) is 4.74 Å². The molecule has 0 bridgehead atoms. The molecule has 0 spiro atoms. The van der Waals surface area contributed by atoms with Gasteiger partial charge in [0.1, 0.15) is 0 Å². The monoisotopic (exact) mass is 147 g/mol. The molecule has 3 heteroatoms. The molecule has 0 amide bonds. The summed E-state index contributed by atoms with van der Waals surface area (Å²) in [4.78, 5) is 0. The predicted molar refractivity (Wildman–Crippen MR) is 40.8 cm³/mol. The van der Waals surface area contributed by atoms with Crippen molar-refractivity contribution >= 4 is 0 Å². The Morgan fingerprint density at radius 1 is 1.60 bits per heavy atom. The van der Waals surface area contributed by atoms with E-state index >= 15 is 0 Å². The third kappa shape index (κ3) is 6.01. The van der Waals surface area contributed by atoms with Crippen LogP contribution in [0.25, 0.3) is 0 Å². The van der Waals surface area contributed by atoms with Crippen molar-refractivity contribution in [1.82, 2.24) is 0 Å². The molecule has 0 aliphatic rings. The largest absolute Gasteiger partial charge is 0.389 e. The molecule has 0 aliphatic carbocycles. The summed E-state index contributed by atoms with van der Waals surface area (Å²) in [6.45, 7) is 3.49. The highest BCUT2D eigenvalue weighted by Gasteiger charge is 1.98. The van der Waals surface area contributed by atoms with Crippen LogP contribution in [0.15, 0.2) is 0 Å². The summed E-state index contributed by atoms with van der Waals surface area (Å²) in [7, 11) is 0. The summed E-state index contributed by atoms with van der Waals surface area (Å²) in [5, 5.41) is 8.91. The first-order chi connectivity index (χ1) is 4.81. The van der Waals surface area contributed by atoms with Gasteiger partial charge < -0.3 is 15.6 Å². The number of aliphatic hydroxyl groups excluding tert-OH is 1. The molecule has 3 N–H and O–H groups in total. The van der Waals surface area contributed by atoms with Gasteiger partial charge in [0.05, 0.1) is 12.7 Å². The van der Waals surface area contributed by atoms with E-state index < -0.39 is 6.10 Å². The van der Waals surface area contributed by atoms with Gasteiger partial charge in [0.25, 0.3) is 0 Å². The predicted octanol–water partition coefficient (Wildman–Crippen LogP) is 0.123. The van der Waals surface area contributed by atoms with Crippen molar-refractivity contribution in [3.63, 3.8) is 0 Å². The third-order valence-electron chi connectivity index (χ3n) is 1.22. The summed E-state index contributed by atoms with van der Waals surface area (Å²) in [6.07, 6.45) is 1.69.